The lowest BCUT2D eigenvalue weighted by molar-refractivity contribution is -0.153. The molecule has 1 aromatic rings. The van der Waals surface area contributed by atoms with Gasteiger partial charge in [0, 0.05) is 26.7 Å². The van der Waals surface area contributed by atoms with Crippen molar-refractivity contribution in [3.05, 3.63) is 29.8 Å². The molecule has 1 saturated heterocycles. The van der Waals surface area contributed by atoms with E-state index in [0.29, 0.717) is 38.6 Å². The summed E-state index contributed by atoms with van der Waals surface area (Å²) in [6, 6.07) is 6.18. The Labute approximate surface area is 165 Å². The van der Waals surface area contributed by atoms with Gasteiger partial charge >= 0.3 is 12.4 Å². The number of hydrogen-bond donors (Lipinski definition) is 2. The molecule has 0 aromatic heterocycles. The lowest BCUT2D eigenvalue weighted by Crippen LogP contribution is -2.40. The maximum absolute atomic E-state index is 12.4. The Morgan fingerprint density at radius 1 is 1.10 bits per heavy atom. The zero-order chi connectivity index (χ0) is 21.5. The van der Waals surface area contributed by atoms with Crippen LogP contribution >= 0.6 is 0 Å². The number of alkyl halides is 6. The number of halogens is 6. The van der Waals surface area contributed by atoms with Gasteiger partial charge in [0.25, 0.3) is 0 Å². The fraction of sp³-hybridized carbons (Fsp3) is 0.611. The first-order valence-corrected chi connectivity index (χ1v) is 9.06. The van der Waals surface area contributed by atoms with Crippen molar-refractivity contribution in [2.75, 3.05) is 39.8 Å². The highest BCUT2D eigenvalue weighted by Crippen LogP contribution is 2.22. The van der Waals surface area contributed by atoms with Crippen LogP contribution in [0.5, 0.6) is 5.75 Å². The summed E-state index contributed by atoms with van der Waals surface area (Å²) >= 11 is 0. The predicted molar refractivity (Wildman–Crippen MR) is 96.8 cm³/mol. The minimum Gasteiger partial charge on any atom is -0.484 e. The van der Waals surface area contributed by atoms with Gasteiger partial charge in [-0.05, 0) is 36.6 Å². The van der Waals surface area contributed by atoms with Crippen LogP contribution in [0.2, 0.25) is 0 Å². The first-order valence-electron chi connectivity index (χ1n) is 9.06. The van der Waals surface area contributed by atoms with Crippen LogP contribution in [-0.2, 0) is 6.54 Å². The summed E-state index contributed by atoms with van der Waals surface area (Å²) in [5, 5.41) is 6.15. The van der Waals surface area contributed by atoms with Gasteiger partial charge in [-0.15, -0.1) is 0 Å². The fourth-order valence-corrected chi connectivity index (χ4v) is 2.99. The molecule has 1 atom stereocenters. The molecule has 29 heavy (non-hydrogen) atoms. The fourth-order valence-electron chi connectivity index (χ4n) is 2.99. The van der Waals surface area contributed by atoms with Gasteiger partial charge in [0.1, 0.15) is 5.75 Å². The van der Waals surface area contributed by atoms with Crippen LogP contribution in [0.1, 0.15) is 12.0 Å². The number of nitrogens with zero attached hydrogens (tertiary/aromatic N) is 2. The maximum atomic E-state index is 12.4. The molecule has 0 saturated carbocycles. The molecular formula is C18H24F6N4O. The van der Waals surface area contributed by atoms with Crippen molar-refractivity contribution in [2.45, 2.75) is 25.3 Å². The molecule has 1 unspecified atom stereocenters. The van der Waals surface area contributed by atoms with Gasteiger partial charge in [-0.3, -0.25) is 9.89 Å². The van der Waals surface area contributed by atoms with Crippen LogP contribution in [0.3, 0.4) is 0 Å². The van der Waals surface area contributed by atoms with Gasteiger partial charge in [0.2, 0.25) is 0 Å². The Morgan fingerprint density at radius 2 is 1.79 bits per heavy atom. The van der Waals surface area contributed by atoms with E-state index in [1.54, 1.807) is 19.2 Å². The molecule has 164 valence electrons. The van der Waals surface area contributed by atoms with E-state index in [0.717, 1.165) is 5.56 Å². The molecular weight excluding hydrogens is 402 g/mol. The first kappa shape index (κ1) is 23.1. The van der Waals surface area contributed by atoms with Crippen LogP contribution in [0.4, 0.5) is 26.3 Å². The van der Waals surface area contributed by atoms with Crippen LogP contribution < -0.4 is 15.4 Å². The van der Waals surface area contributed by atoms with Crippen molar-refractivity contribution in [1.82, 2.24) is 15.5 Å². The molecule has 1 aliphatic rings. The monoisotopic (exact) mass is 426 g/mol. The number of hydrogen-bond acceptors (Lipinski definition) is 3. The number of nitrogens with one attached hydrogen (secondary N) is 2. The Balaban J connectivity index is 1.71. The molecule has 2 N–H and O–H groups in total. The third kappa shape index (κ3) is 9.25. The standard InChI is InChI=1S/C18H24F6N4O/c1-25-16(27-9-14-6-7-28(10-14)11-17(19,20)21)26-8-13-2-4-15(5-3-13)29-12-18(22,23)24/h2-5,14H,6-12H2,1H3,(H2,25,26,27). The van der Waals surface area contributed by atoms with Crippen molar-refractivity contribution in [3.63, 3.8) is 0 Å². The highest BCUT2D eigenvalue weighted by Gasteiger charge is 2.34. The molecule has 1 fully saturated rings. The Bertz CT molecular complexity index is 660. The summed E-state index contributed by atoms with van der Waals surface area (Å²) in [6.45, 7) is -0.562. The summed E-state index contributed by atoms with van der Waals surface area (Å²) < 4.78 is 78.4. The normalized spacial score (nSPS) is 18.7. The number of rotatable bonds is 7. The summed E-state index contributed by atoms with van der Waals surface area (Å²) in [7, 11) is 1.58. The van der Waals surface area contributed by atoms with E-state index in [1.165, 1.54) is 17.0 Å². The summed E-state index contributed by atoms with van der Waals surface area (Å²) in [4.78, 5) is 5.46. The number of likely N-dealkylation sites (tertiary alicyclic amines) is 1. The molecule has 2 rings (SSSR count). The van der Waals surface area contributed by atoms with E-state index >= 15 is 0 Å². The molecule has 0 amide bonds. The summed E-state index contributed by atoms with van der Waals surface area (Å²) in [6.07, 6.45) is -7.89. The third-order valence-electron chi connectivity index (χ3n) is 4.34. The predicted octanol–water partition coefficient (Wildman–Crippen LogP) is 3.18. The van der Waals surface area contributed by atoms with Gasteiger partial charge < -0.3 is 15.4 Å². The average Bonchev–Trinajstić information content (AvgIpc) is 3.06. The minimum atomic E-state index is -4.39. The van der Waals surface area contributed by atoms with Gasteiger partial charge in [0.15, 0.2) is 12.6 Å². The zero-order valence-electron chi connectivity index (χ0n) is 15.9. The number of benzene rings is 1. The third-order valence-corrected chi connectivity index (χ3v) is 4.34. The molecule has 11 heteroatoms. The quantitative estimate of drug-likeness (QED) is 0.400. The van der Waals surface area contributed by atoms with Crippen LogP contribution in [0.25, 0.3) is 0 Å². The molecule has 1 aromatic carbocycles. The van der Waals surface area contributed by atoms with E-state index in [-0.39, 0.29) is 11.7 Å². The van der Waals surface area contributed by atoms with Gasteiger partial charge in [0.05, 0.1) is 6.54 Å². The van der Waals surface area contributed by atoms with Gasteiger partial charge in [-0.2, -0.15) is 26.3 Å². The van der Waals surface area contributed by atoms with Crippen LogP contribution in [-0.4, -0.2) is 63.0 Å². The number of ether oxygens (including phenoxy) is 1. The Kier molecular flexibility index (Phi) is 8.00. The molecule has 0 aliphatic carbocycles. The second-order valence-electron chi connectivity index (χ2n) is 6.86. The van der Waals surface area contributed by atoms with E-state index in [4.69, 9.17) is 0 Å². The van der Waals surface area contributed by atoms with E-state index in [1.807, 2.05) is 0 Å². The lowest BCUT2D eigenvalue weighted by Gasteiger charge is -2.18. The van der Waals surface area contributed by atoms with E-state index in [2.05, 4.69) is 20.4 Å². The van der Waals surface area contributed by atoms with Crippen molar-refractivity contribution < 1.29 is 31.1 Å². The first-order chi connectivity index (χ1) is 13.5. The Morgan fingerprint density at radius 3 is 2.38 bits per heavy atom. The average molecular weight is 426 g/mol. The van der Waals surface area contributed by atoms with Gasteiger partial charge in [-0.1, -0.05) is 12.1 Å². The highest BCUT2D eigenvalue weighted by atomic mass is 19.4. The highest BCUT2D eigenvalue weighted by molar-refractivity contribution is 5.79. The van der Waals surface area contributed by atoms with E-state index < -0.39 is 25.5 Å². The molecule has 0 spiro atoms. The van der Waals surface area contributed by atoms with Crippen molar-refractivity contribution in [3.8, 4) is 5.75 Å². The van der Waals surface area contributed by atoms with Crippen LogP contribution in [0.15, 0.2) is 29.3 Å². The minimum absolute atomic E-state index is 0.0981. The smallest absolute Gasteiger partial charge is 0.422 e. The largest absolute Gasteiger partial charge is 0.484 e. The summed E-state index contributed by atoms with van der Waals surface area (Å²) in [5.74, 6) is 0.718. The Hall–Kier alpha value is -2.17. The van der Waals surface area contributed by atoms with Crippen molar-refractivity contribution in [2.24, 2.45) is 10.9 Å². The molecule has 5 nitrogen and oxygen atoms in total. The zero-order valence-corrected chi connectivity index (χ0v) is 15.9. The SMILES string of the molecule is CN=C(NCc1ccc(OCC(F)(F)F)cc1)NCC1CCN(CC(F)(F)F)C1. The van der Waals surface area contributed by atoms with E-state index in [9.17, 15) is 26.3 Å². The van der Waals surface area contributed by atoms with Crippen molar-refractivity contribution >= 4 is 5.96 Å². The van der Waals surface area contributed by atoms with Crippen molar-refractivity contribution in [1.29, 1.82) is 0 Å². The van der Waals surface area contributed by atoms with Gasteiger partial charge in [-0.25, -0.2) is 0 Å². The lowest BCUT2D eigenvalue weighted by atomic mass is 10.1. The second-order valence-corrected chi connectivity index (χ2v) is 6.86. The molecule has 1 heterocycles. The second kappa shape index (κ2) is 10.0. The molecule has 0 radical (unpaired) electrons. The molecule has 1 aliphatic heterocycles. The maximum Gasteiger partial charge on any atom is 0.422 e. The molecule has 0 bridgehead atoms. The summed E-state index contributed by atoms with van der Waals surface area (Å²) in [5.41, 5.74) is 0.810. The van der Waals surface area contributed by atoms with Crippen LogP contribution in [0, 0.1) is 5.92 Å². The topological polar surface area (TPSA) is 48.9 Å². The number of guanidine groups is 1. The number of aliphatic imine (C=N–C) groups is 1.